The highest BCUT2D eigenvalue weighted by Gasteiger charge is 2.10. The number of rotatable bonds is 6. The summed E-state index contributed by atoms with van der Waals surface area (Å²) in [6.07, 6.45) is 0.548. The third-order valence-corrected chi connectivity index (χ3v) is 3.79. The first-order valence-electron chi connectivity index (χ1n) is 5.75. The second kappa shape index (κ2) is 7.10. The fourth-order valence-corrected chi connectivity index (χ4v) is 1.68. The van der Waals surface area contributed by atoms with Gasteiger partial charge in [0.1, 0.15) is 6.61 Å². The average Bonchev–Trinajstić information content (AvgIpc) is 2.36. The van der Waals surface area contributed by atoms with Crippen molar-refractivity contribution in [3.63, 3.8) is 0 Å². The van der Waals surface area contributed by atoms with E-state index >= 15 is 0 Å². The number of carbonyl (C=O) groups is 1. The molecule has 6 nitrogen and oxygen atoms in total. The van der Waals surface area contributed by atoms with E-state index in [0.717, 1.165) is 16.1 Å². The lowest BCUT2D eigenvalue weighted by molar-refractivity contribution is 0.139. The molecule has 1 N–H and O–H groups in total. The Kier molecular flexibility index (Phi) is 5.78. The van der Waals surface area contributed by atoms with E-state index in [9.17, 15) is 13.2 Å². The fourth-order valence-electron chi connectivity index (χ4n) is 1.26. The first kappa shape index (κ1) is 15.5. The zero-order valence-corrected chi connectivity index (χ0v) is 11.8. The van der Waals surface area contributed by atoms with Gasteiger partial charge in [-0.2, -0.15) is 0 Å². The van der Waals surface area contributed by atoms with E-state index in [2.05, 4.69) is 5.32 Å². The minimum atomic E-state index is -3.21. The Labute approximate surface area is 113 Å². The summed E-state index contributed by atoms with van der Waals surface area (Å²) in [7, 11) is -1.76. The molecule has 1 amide bonds. The molecule has 0 aliphatic rings. The quantitative estimate of drug-likeness (QED) is 0.839. The number of hydrogen-bond donors (Lipinski definition) is 1. The Morgan fingerprint density at radius 3 is 2.53 bits per heavy atom. The van der Waals surface area contributed by atoms with Gasteiger partial charge in [0, 0.05) is 20.1 Å². The number of nitrogens with zero attached hydrogens (tertiary/aromatic N) is 1. The smallest absolute Gasteiger partial charge is 0.407 e. The molecule has 0 unspecified atom stereocenters. The van der Waals surface area contributed by atoms with Gasteiger partial charge in [0.25, 0.3) is 0 Å². The van der Waals surface area contributed by atoms with Gasteiger partial charge < -0.3 is 10.1 Å². The number of carbonyl (C=O) groups excluding carboxylic acids is 1. The van der Waals surface area contributed by atoms with Gasteiger partial charge in [0.15, 0.2) is 0 Å². The topological polar surface area (TPSA) is 75.7 Å². The average molecular weight is 286 g/mol. The van der Waals surface area contributed by atoms with E-state index in [1.165, 1.54) is 7.05 Å². The van der Waals surface area contributed by atoms with E-state index in [4.69, 9.17) is 4.74 Å². The molecule has 0 bridgehead atoms. The molecule has 0 saturated carbocycles. The monoisotopic (exact) mass is 286 g/mol. The number of nitrogens with one attached hydrogen (secondary N) is 1. The third-order valence-electron chi connectivity index (χ3n) is 2.47. The Morgan fingerprint density at radius 1 is 1.32 bits per heavy atom. The lowest BCUT2D eigenvalue weighted by atomic mass is 10.2. The van der Waals surface area contributed by atoms with Crippen molar-refractivity contribution >= 4 is 16.1 Å². The van der Waals surface area contributed by atoms with Gasteiger partial charge in [-0.25, -0.2) is 17.5 Å². The molecule has 0 spiro atoms. The molecule has 0 aliphatic carbocycles. The summed E-state index contributed by atoms with van der Waals surface area (Å²) in [5.41, 5.74) is 0.894. The molecule has 1 aromatic rings. The molecule has 1 rings (SSSR count). The van der Waals surface area contributed by atoms with Gasteiger partial charge in [-0.15, -0.1) is 0 Å². The van der Waals surface area contributed by atoms with Crippen molar-refractivity contribution in [2.75, 3.05) is 26.4 Å². The summed E-state index contributed by atoms with van der Waals surface area (Å²) in [5.74, 6) is 0. The van der Waals surface area contributed by atoms with Gasteiger partial charge in [0.05, 0.1) is 6.26 Å². The first-order chi connectivity index (χ1) is 8.89. The Hall–Kier alpha value is -1.60. The van der Waals surface area contributed by atoms with Crippen LogP contribution in [0.4, 0.5) is 4.79 Å². The third kappa shape index (κ3) is 6.21. The minimum absolute atomic E-state index is 0.189. The van der Waals surface area contributed by atoms with Crippen molar-refractivity contribution in [2.45, 2.75) is 6.61 Å². The van der Waals surface area contributed by atoms with Crippen LogP contribution in [0.25, 0.3) is 0 Å². The van der Waals surface area contributed by atoms with Crippen molar-refractivity contribution in [1.82, 2.24) is 9.62 Å². The summed E-state index contributed by atoms with van der Waals surface area (Å²) < 4.78 is 28.3. The number of likely N-dealkylation sites (N-methyl/N-ethyl adjacent to an activating group) is 1. The molecule has 0 radical (unpaired) electrons. The molecule has 19 heavy (non-hydrogen) atoms. The van der Waals surface area contributed by atoms with Gasteiger partial charge in [-0.1, -0.05) is 30.3 Å². The van der Waals surface area contributed by atoms with Gasteiger partial charge in [-0.3, -0.25) is 0 Å². The Bertz CT molecular complexity index is 502. The number of benzene rings is 1. The van der Waals surface area contributed by atoms with Crippen LogP contribution in [-0.2, 0) is 21.4 Å². The molecular formula is C12H18N2O4S. The zero-order valence-electron chi connectivity index (χ0n) is 11.0. The maximum atomic E-state index is 11.3. The highest BCUT2D eigenvalue weighted by molar-refractivity contribution is 7.88. The Morgan fingerprint density at radius 2 is 1.95 bits per heavy atom. The number of ether oxygens (including phenoxy) is 1. The molecule has 106 valence electrons. The largest absolute Gasteiger partial charge is 0.445 e. The second-order valence-electron chi connectivity index (χ2n) is 4.07. The van der Waals surface area contributed by atoms with Gasteiger partial charge in [0.2, 0.25) is 10.0 Å². The highest BCUT2D eigenvalue weighted by atomic mass is 32.2. The van der Waals surface area contributed by atoms with Crippen molar-refractivity contribution in [3.05, 3.63) is 35.9 Å². The van der Waals surface area contributed by atoms with Crippen LogP contribution in [0.15, 0.2) is 30.3 Å². The second-order valence-corrected chi connectivity index (χ2v) is 6.16. The molecule has 1 aromatic carbocycles. The van der Waals surface area contributed by atoms with Crippen LogP contribution in [0, 0.1) is 0 Å². The van der Waals surface area contributed by atoms with Crippen molar-refractivity contribution in [3.8, 4) is 0 Å². The fraction of sp³-hybridized carbons (Fsp3) is 0.417. The van der Waals surface area contributed by atoms with Crippen LogP contribution in [0.5, 0.6) is 0 Å². The van der Waals surface area contributed by atoms with Gasteiger partial charge >= 0.3 is 6.09 Å². The molecular weight excluding hydrogens is 268 g/mol. The zero-order chi connectivity index (χ0) is 14.3. The van der Waals surface area contributed by atoms with Crippen LogP contribution in [-0.4, -0.2) is 45.2 Å². The molecule has 0 atom stereocenters. The lowest BCUT2D eigenvalue weighted by Gasteiger charge is -2.14. The van der Waals surface area contributed by atoms with Crippen LogP contribution < -0.4 is 5.32 Å². The number of alkyl carbamates (subject to hydrolysis) is 1. The lowest BCUT2D eigenvalue weighted by Crippen LogP contribution is -2.35. The molecule has 0 heterocycles. The normalized spacial score (nSPS) is 11.3. The van der Waals surface area contributed by atoms with Crippen LogP contribution >= 0.6 is 0 Å². The standard InChI is InChI=1S/C12H18N2O4S/c1-14(19(2,16)17)9-8-13-12(15)18-10-11-6-4-3-5-7-11/h3-7H,8-10H2,1-2H3,(H,13,15). The maximum absolute atomic E-state index is 11.3. The molecule has 0 saturated heterocycles. The van der Waals surface area contributed by atoms with Crippen LogP contribution in [0.2, 0.25) is 0 Å². The summed E-state index contributed by atoms with van der Waals surface area (Å²) in [5, 5.41) is 2.49. The summed E-state index contributed by atoms with van der Waals surface area (Å²) in [4.78, 5) is 11.3. The summed E-state index contributed by atoms with van der Waals surface area (Å²) in [6, 6.07) is 9.30. The molecule has 7 heteroatoms. The summed E-state index contributed by atoms with van der Waals surface area (Å²) >= 11 is 0. The van der Waals surface area contributed by atoms with E-state index in [0.29, 0.717) is 0 Å². The van der Waals surface area contributed by atoms with E-state index in [-0.39, 0.29) is 19.7 Å². The van der Waals surface area contributed by atoms with Crippen LogP contribution in [0.1, 0.15) is 5.56 Å². The van der Waals surface area contributed by atoms with E-state index in [1.807, 2.05) is 30.3 Å². The van der Waals surface area contributed by atoms with Crippen molar-refractivity contribution < 1.29 is 17.9 Å². The summed E-state index contributed by atoms with van der Waals surface area (Å²) in [6.45, 7) is 0.602. The highest BCUT2D eigenvalue weighted by Crippen LogP contribution is 2.00. The predicted octanol–water partition coefficient (Wildman–Crippen LogP) is 0.804. The number of amides is 1. The predicted molar refractivity (Wildman–Crippen MR) is 72.1 cm³/mol. The molecule has 0 aliphatic heterocycles. The van der Waals surface area contributed by atoms with Crippen molar-refractivity contribution in [2.24, 2.45) is 0 Å². The number of sulfonamides is 1. The van der Waals surface area contributed by atoms with Crippen molar-refractivity contribution in [1.29, 1.82) is 0 Å². The Balaban J connectivity index is 2.22. The van der Waals surface area contributed by atoms with E-state index in [1.54, 1.807) is 0 Å². The SMILES string of the molecule is CN(CCNC(=O)OCc1ccccc1)S(C)(=O)=O. The van der Waals surface area contributed by atoms with Crippen LogP contribution in [0.3, 0.4) is 0 Å². The maximum Gasteiger partial charge on any atom is 0.407 e. The number of hydrogen-bond acceptors (Lipinski definition) is 4. The first-order valence-corrected chi connectivity index (χ1v) is 7.60. The van der Waals surface area contributed by atoms with Gasteiger partial charge in [-0.05, 0) is 5.56 Å². The molecule has 0 aromatic heterocycles. The molecule has 0 fully saturated rings. The van der Waals surface area contributed by atoms with E-state index < -0.39 is 16.1 Å². The minimum Gasteiger partial charge on any atom is -0.445 e.